The van der Waals surface area contributed by atoms with Crippen molar-refractivity contribution in [2.24, 2.45) is 5.92 Å². The van der Waals surface area contributed by atoms with E-state index in [2.05, 4.69) is 18.1 Å². The van der Waals surface area contributed by atoms with Gasteiger partial charge in [0.05, 0.1) is 12.7 Å². The Hall–Kier alpha value is -1.46. The molecule has 6 N–H and O–H groups in total. The summed E-state index contributed by atoms with van der Waals surface area (Å²) in [6.45, 7) is 0.797. The van der Waals surface area contributed by atoms with Crippen molar-refractivity contribution in [3.8, 4) is 6.07 Å². The Morgan fingerprint density at radius 2 is 1.97 bits per heavy atom. The van der Waals surface area contributed by atoms with Crippen LogP contribution in [0.1, 0.15) is 13.3 Å². The zero-order valence-corrected chi connectivity index (χ0v) is 17.7. The molecule has 1 fully saturated rings. The second kappa shape index (κ2) is 8.58. The molecular weight excluding hydrogens is 473 g/mol. The molecule has 0 bridgehead atoms. The summed E-state index contributed by atoms with van der Waals surface area (Å²) in [5, 5.41) is 9.62. The Morgan fingerprint density at radius 1 is 1.33 bits per heavy atom. The highest BCUT2D eigenvalue weighted by molar-refractivity contribution is 7.66. The number of nitrogens with two attached hydrogens (primary N) is 1. The summed E-state index contributed by atoms with van der Waals surface area (Å²) in [6, 6.07) is 3.11. The fourth-order valence-electron chi connectivity index (χ4n) is 2.71. The maximum Gasteiger partial charge on any atom is 0.490 e. The van der Waals surface area contributed by atoms with Crippen molar-refractivity contribution in [2.75, 3.05) is 12.3 Å². The topological polar surface area (TPSA) is 254 Å². The van der Waals surface area contributed by atoms with Crippen LogP contribution in [0.2, 0.25) is 0 Å². The van der Waals surface area contributed by atoms with Gasteiger partial charge in [0.1, 0.15) is 11.9 Å². The molecule has 1 saturated heterocycles. The van der Waals surface area contributed by atoms with Gasteiger partial charge in [-0.05, 0) is 12.5 Å². The summed E-state index contributed by atoms with van der Waals surface area (Å²) in [4.78, 5) is 51.2. The molecule has 2 unspecified atom stereocenters. The molecule has 0 aliphatic carbocycles. The van der Waals surface area contributed by atoms with Gasteiger partial charge in [-0.1, -0.05) is 6.92 Å². The minimum atomic E-state index is -5.66. The first-order valence-electron chi connectivity index (χ1n) is 7.82. The summed E-state index contributed by atoms with van der Waals surface area (Å²) in [7, 11) is -16.5. The predicted octanol–water partition coefficient (Wildman–Crippen LogP) is -0.230. The maximum absolute atomic E-state index is 12.1. The average molecular weight is 490 g/mol. The van der Waals surface area contributed by atoms with Gasteiger partial charge in [-0.2, -0.15) is 18.9 Å². The molecule has 2 heterocycles. The lowest BCUT2D eigenvalue weighted by atomic mass is 9.96. The van der Waals surface area contributed by atoms with Crippen LogP contribution in [0.25, 0.3) is 0 Å². The number of phosphoric acid groups is 3. The molecule has 1 aliphatic heterocycles. The first-order valence-corrected chi connectivity index (χ1v) is 12.3. The van der Waals surface area contributed by atoms with Gasteiger partial charge < -0.3 is 30.0 Å². The van der Waals surface area contributed by atoms with Crippen LogP contribution in [-0.4, -0.2) is 41.8 Å². The molecule has 19 heteroatoms. The highest BCUT2D eigenvalue weighted by atomic mass is 31.3. The van der Waals surface area contributed by atoms with Crippen LogP contribution in [0, 0.1) is 17.2 Å². The second-order valence-corrected chi connectivity index (χ2v) is 10.5. The SMILES string of the molecule is C[C@H]1C[C@@H](COP(=O)(O)OP(=O)(O)OP(=O)(O)O)O[C@@]1(C#N)n1ccc(N)nc1=O. The number of phosphoric ester groups is 1. The molecule has 1 aromatic heterocycles. The fourth-order valence-corrected chi connectivity index (χ4v) is 5.76. The summed E-state index contributed by atoms with van der Waals surface area (Å²) < 4.78 is 51.8. The van der Waals surface area contributed by atoms with Crippen LogP contribution in [0.3, 0.4) is 0 Å². The molecule has 30 heavy (non-hydrogen) atoms. The standard InChI is InChI=1S/C11H17N4O12P3/c1-7-4-8(5-24-29(20,21)27-30(22,23)26-28(17,18)19)25-11(7,6-12)15-3-2-9(13)14-10(15)16/h2-3,7-8H,4-5H2,1H3,(H,20,21)(H,22,23)(H2,13,14,16)(H2,17,18,19)/t7-,8-,11+/m0/s1. The minimum Gasteiger partial charge on any atom is -0.383 e. The van der Waals surface area contributed by atoms with Gasteiger partial charge >= 0.3 is 29.2 Å². The number of rotatable bonds is 8. The second-order valence-electron chi connectivity index (χ2n) is 6.08. The number of hydrogen-bond acceptors (Lipinski definition) is 11. The van der Waals surface area contributed by atoms with Gasteiger partial charge in [-0.3, -0.25) is 9.09 Å². The van der Waals surface area contributed by atoms with E-state index in [0.29, 0.717) is 0 Å². The van der Waals surface area contributed by atoms with Crippen molar-refractivity contribution in [1.82, 2.24) is 9.55 Å². The van der Waals surface area contributed by atoms with E-state index in [9.17, 15) is 28.6 Å². The average Bonchev–Trinajstić information content (AvgIpc) is 2.86. The zero-order valence-electron chi connectivity index (χ0n) is 15.0. The van der Waals surface area contributed by atoms with Crippen molar-refractivity contribution in [3.63, 3.8) is 0 Å². The molecule has 16 nitrogen and oxygen atoms in total. The molecule has 0 amide bonds. The van der Waals surface area contributed by atoms with Crippen LogP contribution < -0.4 is 11.4 Å². The van der Waals surface area contributed by atoms with Crippen molar-refractivity contribution in [3.05, 3.63) is 22.7 Å². The number of nitrogens with zero attached hydrogens (tertiary/aromatic N) is 3. The lowest BCUT2D eigenvalue weighted by molar-refractivity contribution is -0.0863. The van der Waals surface area contributed by atoms with Crippen LogP contribution in [0.5, 0.6) is 0 Å². The van der Waals surface area contributed by atoms with Gasteiger partial charge in [0.15, 0.2) is 0 Å². The molecule has 2 rings (SSSR count). The van der Waals surface area contributed by atoms with Gasteiger partial charge in [-0.15, -0.1) is 0 Å². The Labute approximate surface area is 168 Å². The minimum absolute atomic E-state index is 0.0418. The highest BCUT2D eigenvalue weighted by Crippen LogP contribution is 2.66. The van der Waals surface area contributed by atoms with Crippen LogP contribution in [0.4, 0.5) is 5.82 Å². The third-order valence-corrected chi connectivity index (χ3v) is 7.62. The van der Waals surface area contributed by atoms with Crippen molar-refractivity contribution in [2.45, 2.75) is 25.2 Å². The summed E-state index contributed by atoms with van der Waals surface area (Å²) in [6.07, 6.45) is 0.170. The van der Waals surface area contributed by atoms with Crippen LogP contribution in [-0.2, 0) is 37.3 Å². The number of nitriles is 1. The Balaban J connectivity index is 2.12. The quantitative estimate of drug-likeness (QED) is 0.295. The van der Waals surface area contributed by atoms with Crippen molar-refractivity contribution < 1.29 is 51.2 Å². The van der Waals surface area contributed by atoms with E-state index < -0.39 is 53.5 Å². The van der Waals surface area contributed by atoms with Gasteiger partial charge in [0.2, 0.25) is 5.72 Å². The largest absolute Gasteiger partial charge is 0.490 e. The molecule has 0 spiro atoms. The monoisotopic (exact) mass is 490 g/mol. The third-order valence-electron chi connectivity index (χ3n) is 3.81. The van der Waals surface area contributed by atoms with E-state index in [1.165, 1.54) is 12.3 Å². The zero-order chi connectivity index (χ0) is 23.0. The molecule has 5 atom stereocenters. The van der Waals surface area contributed by atoms with E-state index >= 15 is 0 Å². The molecular formula is C11H17N4O12P3. The van der Waals surface area contributed by atoms with Crippen molar-refractivity contribution in [1.29, 1.82) is 5.26 Å². The first kappa shape index (κ1) is 24.8. The summed E-state index contributed by atoms with van der Waals surface area (Å²) in [5.41, 5.74) is 2.69. The van der Waals surface area contributed by atoms with Crippen molar-refractivity contribution >= 4 is 29.3 Å². The number of anilines is 1. The van der Waals surface area contributed by atoms with Gasteiger partial charge in [-0.25, -0.2) is 18.5 Å². The van der Waals surface area contributed by atoms with E-state index in [1.807, 2.05) is 6.07 Å². The summed E-state index contributed by atoms with van der Waals surface area (Å²) in [5.74, 6) is -0.723. The molecule has 0 radical (unpaired) electrons. The van der Waals surface area contributed by atoms with E-state index in [-0.39, 0.29) is 12.2 Å². The Kier molecular flexibility index (Phi) is 7.10. The number of nitrogen functional groups attached to an aromatic ring is 1. The predicted molar refractivity (Wildman–Crippen MR) is 95.0 cm³/mol. The smallest absolute Gasteiger partial charge is 0.383 e. The maximum atomic E-state index is 12.1. The third kappa shape index (κ3) is 6.04. The highest BCUT2D eigenvalue weighted by Gasteiger charge is 2.50. The molecule has 0 aromatic carbocycles. The summed E-state index contributed by atoms with van der Waals surface area (Å²) >= 11 is 0. The normalized spacial score (nSPS) is 28.4. The lowest BCUT2D eigenvalue weighted by Crippen LogP contribution is -2.44. The Morgan fingerprint density at radius 3 is 2.50 bits per heavy atom. The number of hydrogen-bond donors (Lipinski definition) is 5. The Bertz CT molecular complexity index is 1050. The molecule has 0 saturated carbocycles. The van der Waals surface area contributed by atoms with Gasteiger partial charge in [0.25, 0.3) is 0 Å². The van der Waals surface area contributed by atoms with Crippen LogP contribution in [0.15, 0.2) is 17.1 Å². The lowest BCUT2D eigenvalue weighted by Gasteiger charge is -2.27. The van der Waals surface area contributed by atoms with E-state index in [1.54, 1.807) is 6.92 Å². The number of aromatic nitrogens is 2. The van der Waals surface area contributed by atoms with Crippen LogP contribution >= 0.6 is 23.5 Å². The molecule has 168 valence electrons. The number of ether oxygens (including phenoxy) is 1. The molecule has 1 aliphatic rings. The molecule has 1 aromatic rings. The van der Waals surface area contributed by atoms with E-state index in [0.717, 1.165) is 4.57 Å². The fraction of sp³-hybridized carbons (Fsp3) is 0.545. The van der Waals surface area contributed by atoms with E-state index in [4.69, 9.17) is 25.2 Å². The first-order chi connectivity index (χ1) is 13.6. The van der Waals surface area contributed by atoms with Gasteiger partial charge in [0, 0.05) is 12.1 Å².